The van der Waals surface area contributed by atoms with Crippen LogP contribution in [0.2, 0.25) is 0 Å². The molecular weight excluding hydrogens is 1000 g/mol. The Kier molecular flexibility index (Phi) is 55.9. The number of quaternary nitrogens is 1. The summed E-state index contributed by atoms with van der Waals surface area (Å²) in [5, 5.41) is 3.02. The summed E-state index contributed by atoms with van der Waals surface area (Å²) in [6, 6.07) is -0.904. The molecule has 0 aromatic carbocycles. The van der Waals surface area contributed by atoms with Gasteiger partial charge in [-0.1, -0.05) is 253 Å². The van der Waals surface area contributed by atoms with Crippen molar-refractivity contribution in [3.63, 3.8) is 0 Å². The largest absolute Gasteiger partial charge is 0.756 e. The molecule has 1 amide bonds. The van der Waals surface area contributed by atoms with E-state index in [0.717, 1.165) is 109 Å². The van der Waals surface area contributed by atoms with Gasteiger partial charge in [0.25, 0.3) is 7.82 Å². The molecule has 10 heteroatoms. The summed E-state index contributed by atoms with van der Waals surface area (Å²) in [7, 11) is 1.16. The van der Waals surface area contributed by atoms with E-state index >= 15 is 0 Å². The van der Waals surface area contributed by atoms with Crippen molar-refractivity contribution in [2.75, 3.05) is 40.9 Å². The molecule has 1 N–H and O–H groups in total. The van der Waals surface area contributed by atoms with Crippen LogP contribution >= 0.6 is 7.82 Å². The second-order valence-corrected chi connectivity index (χ2v) is 24.3. The number of rotatable bonds is 58. The Hall–Kier alpha value is -3.07. The minimum atomic E-state index is -4.71. The molecule has 0 bridgehead atoms. The molecule has 0 saturated heterocycles. The maximum Gasteiger partial charge on any atom is 0.306 e. The van der Waals surface area contributed by atoms with E-state index in [1.54, 1.807) is 0 Å². The molecule has 3 unspecified atom stereocenters. The van der Waals surface area contributed by atoms with Gasteiger partial charge >= 0.3 is 5.97 Å². The molecule has 0 aliphatic carbocycles. The number of allylic oxidation sites excluding steroid dienone is 15. The highest BCUT2D eigenvalue weighted by Gasteiger charge is 2.27. The van der Waals surface area contributed by atoms with E-state index in [-0.39, 0.29) is 24.9 Å². The number of nitrogens with one attached hydrogen (secondary N) is 1. The predicted octanol–water partition coefficient (Wildman–Crippen LogP) is 19.7. The van der Waals surface area contributed by atoms with Crippen LogP contribution in [-0.2, 0) is 27.9 Å². The van der Waals surface area contributed by atoms with Crippen molar-refractivity contribution in [3.8, 4) is 0 Å². The zero-order valence-electron chi connectivity index (χ0n) is 52.1. The average molecular weight is 1120 g/mol. The SMILES string of the molecule is CC/C=C\C/C=C\C/C=C\C/C=C\C/C=C\C/C=C\CCCCCCCCCCC(=O)OC(/C=C\CCCCCCCCCCCC)C(COP(=O)([O-])OCC[N+](C)(C)C)NC(=O)CCCCC/C=C\CCCCCCCCC. The number of carbonyl (C=O) groups is 2. The number of esters is 1. The lowest BCUT2D eigenvalue weighted by atomic mass is 10.0. The van der Waals surface area contributed by atoms with Gasteiger partial charge in [0, 0.05) is 12.8 Å². The minimum Gasteiger partial charge on any atom is -0.756 e. The number of carbonyl (C=O) groups excluding carboxylic acids is 2. The summed E-state index contributed by atoms with van der Waals surface area (Å²) < 4.78 is 30.3. The normalized spacial score (nSPS) is 14.3. The van der Waals surface area contributed by atoms with Crippen LogP contribution < -0.4 is 10.2 Å². The summed E-state index contributed by atoms with van der Waals surface area (Å²) in [5.41, 5.74) is 0. The van der Waals surface area contributed by atoms with Gasteiger partial charge < -0.3 is 28.5 Å². The third kappa shape index (κ3) is 59.4. The van der Waals surface area contributed by atoms with Gasteiger partial charge in [-0.05, 0) is 109 Å². The average Bonchev–Trinajstić information content (AvgIpc) is 3.41. The van der Waals surface area contributed by atoms with Crippen LogP contribution in [0.4, 0.5) is 0 Å². The maximum absolute atomic E-state index is 13.5. The number of unbranched alkanes of at least 4 members (excludes halogenated alkanes) is 28. The molecule has 0 heterocycles. The van der Waals surface area contributed by atoms with Crippen molar-refractivity contribution in [3.05, 3.63) is 97.2 Å². The third-order valence-corrected chi connectivity index (χ3v) is 15.0. The highest BCUT2D eigenvalue weighted by molar-refractivity contribution is 7.45. The maximum atomic E-state index is 13.5. The zero-order valence-corrected chi connectivity index (χ0v) is 52.9. The summed E-state index contributed by atoms with van der Waals surface area (Å²) in [6.07, 6.45) is 78.1. The first-order valence-electron chi connectivity index (χ1n) is 32.5. The second-order valence-electron chi connectivity index (χ2n) is 22.9. The number of hydrogen-bond acceptors (Lipinski definition) is 7. The fourth-order valence-corrected chi connectivity index (χ4v) is 9.71. The summed E-state index contributed by atoms with van der Waals surface area (Å²) in [4.78, 5) is 40.0. The number of hydrogen-bond donors (Lipinski definition) is 1. The molecule has 456 valence electrons. The molecule has 0 saturated carbocycles. The zero-order chi connectivity index (χ0) is 57.9. The quantitative estimate of drug-likeness (QED) is 0.0212. The molecule has 0 aromatic rings. The smallest absolute Gasteiger partial charge is 0.306 e. The first-order valence-corrected chi connectivity index (χ1v) is 34.0. The fourth-order valence-electron chi connectivity index (χ4n) is 8.99. The van der Waals surface area contributed by atoms with E-state index in [2.05, 4.69) is 111 Å². The highest BCUT2D eigenvalue weighted by atomic mass is 31.2. The van der Waals surface area contributed by atoms with Gasteiger partial charge in [-0.15, -0.1) is 0 Å². The lowest BCUT2D eigenvalue weighted by Crippen LogP contribution is -2.47. The van der Waals surface area contributed by atoms with E-state index in [0.29, 0.717) is 30.3 Å². The van der Waals surface area contributed by atoms with E-state index in [4.69, 9.17) is 13.8 Å². The summed E-state index contributed by atoms with van der Waals surface area (Å²) in [5.74, 6) is -0.570. The van der Waals surface area contributed by atoms with Crippen LogP contribution in [-0.4, -0.2) is 69.4 Å². The second kappa shape index (κ2) is 58.1. The number of nitrogens with zero attached hydrogens (tertiary/aromatic N) is 1. The Morgan fingerprint density at radius 1 is 0.456 bits per heavy atom. The Morgan fingerprint density at radius 3 is 1.24 bits per heavy atom. The lowest BCUT2D eigenvalue weighted by Gasteiger charge is -2.30. The van der Waals surface area contributed by atoms with Gasteiger partial charge in [-0.2, -0.15) is 0 Å². The van der Waals surface area contributed by atoms with Gasteiger partial charge in [0.1, 0.15) is 19.3 Å². The molecule has 0 aromatic heterocycles. The molecule has 0 aliphatic rings. The Bertz CT molecular complexity index is 1670. The van der Waals surface area contributed by atoms with Crippen LogP contribution in [0.1, 0.15) is 278 Å². The minimum absolute atomic E-state index is 0.0299. The topological polar surface area (TPSA) is 114 Å². The number of amides is 1. The standard InChI is InChI=1S/C69H123N2O7P/c1-7-10-13-16-19-22-25-28-30-31-32-33-34-35-36-37-38-39-40-41-42-44-47-50-53-56-59-62-69(73)78-67(60-57-54-51-48-45-27-24-21-18-15-12-9-3)66(65-77-79(74,75)76-64-63-71(4,5)6)70-68(72)61-58-55-52-49-46-43-29-26-23-20-17-14-11-8-2/h10,13,19,22,28,30,32-33,35-36,38-39,43,46,57,60,66-67H,7-9,11-12,14-18,20-21,23-27,29,31,34,37,40-42,44-45,47-56,58-59,61-65H2,1-6H3,(H-,70,72,74,75)/b13-10-,22-19-,30-28-,33-32-,36-35-,39-38-,46-43-,60-57-. The van der Waals surface area contributed by atoms with Crippen LogP contribution in [0.15, 0.2) is 97.2 Å². The van der Waals surface area contributed by atoms with Gasteiger partial charge in [-0.3, -0.25) is 14.2 Å². The Morgan fingerprint density at radius 2 is 0.810 bits per heavy atom. The van der Waals surface area contributed by atoms with Crippen LogP contribution in [0.25, 0.3) is 0 Å². The Balaban J connectivity index is 5.14. The summed E-state index contributed by atoms with van der Waals surface area (Å²) >= 11 is 0. The molecule has 0 rings (SSSR count). The predicted molar refractivity (Wildman–Crippen MR) is 339 cm³/mol. The monoisotopic (exact) mass is 1120 g/mol. The van der Waals surface area contributed by atoms with E-state index in [1.165, 1.54) is 122 Å². The fraction of sp³-hybridized carbons (Fsp3) is 0.739. The third-order valence-electron chi connectivity index (χ3n) is 14.0. The molecule has 9 nitrogen and oxygen atoms in total. The molecular formula is C69H123N2O7P. The Labute approximate surface area is 488 Å². The van der Waals surface area contributed by atoms with Gasteiger partial charge in [0.05, 0.1) is 33.8 Å². The number of phosphoric ester groups is 1. The van der Waals surface area contributed by atoms with Crippen LogP contribution in [0.5, 0.6) is 0 Å². The number of ether oxygens (including phenoxy) is 1. The first-order chi connectivity index (χ1) is 38.4. The van der Waals surface area contributed by atoms with Crippen LogP contribution in [0.3, 0.4) is 0 Å². The highest BCUT2D eigenvalue weighted by Crippen LogP contribution is 2.38. The van der Waals surface area contributed by atoms with Crippen molar-refractivity contribution in [1.29, 1.82) is 0 Å². The van der Waals surface area contributed by atoms with E-state index < -0.39 is 26.6 Å². The lowest BCUT2D eigenvalue weighted by molar-refractivity contribution is -0.870. The molecule has 0 spiro atoms. The van der Waals surface area contributed by atoms with Gasteiger partial charge in [0.15, 0.2) is 0 Å². The van der Waals surface area contributed by atoms with Crippen LogP contribution in [0, 0.1) is 0 Å². The molecule has 0 radical (unpaired) electrons. The van der Waals surface area contributed by atoms with E-state index in [1.807, 2.05) is 33.3 Å². The summed E-state index contributed by atoms with van der Waals surface area (Å²) in [6.45, 7) is 6.71. The molecule has 79 heavy (non-hydrogen) atoms. The van der Waals surface area contributed by atoms with Crippen molar-refractivity contribution in [1.82, 2.24) is 5.32 Å². The number of phosphoric acid groups is 1. The first kappa shape index (κ1) is 75.9. The molecule has 0 aliphatic heterocycles. The molecule has 0 fully saturated rings. The van der Waals surface area contributed by atoms with Crippen molar-refractivity contribution < 1.29 is 37.3 Å². The van der Waals surface area contributed by atoms with E-state index in [9.17, 15) is 19.0 Å². The van der Waals surface area contributed by atoms with Crippen molar-refractivity contribution in [2.45, 2.75) is 290 Å². The van der Waals surface area contributed by atoms with Gasteiger partial charge in [-0.25, -0.2) is 0 Å². The number of likely N-dealkylation sites (N-methyl/N-ethyl adjacent to an activating group) is 1. The van der Waals surface area contributed by atoms with Crippen molar-refractivity contribution in [2.24, 2.45) is 0 Å². The van der Waals surface area contributed by atoms with Crippen molar-refractivity contribution >= 4 is 19.7 Å². The molecule has 3 atom stereocenters. The van der Waals surface area contributed by atoms with Gasteiger partial charge in [0.2, 0.25) is 5.91 Å².